The molecule has 0 spiro atoms. The Balaban J connectivity index is -0.000000139. The maximum absolute atomic E-state index is 9.90. The number of carbonyl (C=O) groups is 1. The summed E-state index contributed by atoms with van der Waals surface area (Å²) in [6.07, 6.45) is -6.84. The molecule has 0 amide bonds. The van der Waals surface area contributed by atoms with Crippen LogP contribution in [0.3, 0.4) is 0 Å². The van der Waals surface area contributed by atoms with Crippen LogP contribution in [0.1, 0.15) is 0 Å². The molecular weight excluding hydrogens is 325 g/mol. The van der Waals surface area contributed by atoms with Crippen LogP contribution in [0.2, 0.25) is 0 Å². The topological polar surface area (TPSA) is 202 Å². The minimum Gasteiger partial charge on any atom is -0.790 e. The van der Waals surface area contributed by atoms with Crippen LogP contribution in [0.5, 0.6) is 0 Å². The molecule has 104 valence electrons. The van der Waals surface area contributed by atoms with Crippen molar-refractivity contribution in [3.8, 4) is 0 Å². The van der Waals surface area contributed by atoms with Gasteiger partial charge < -0.3 is 49.6 Å². The van der Waals surface area contributed by atoms with Crippen molar-refractivity contribution in [2.45, 2.75) is 24.4 Å². The SMILES string of the molecule is O=C[C@H](O)[C@@H](O)[C@H](O)[C@H](O)CO.O=P([O-])([O-])O.[K+].[Na+]. The minimum absolute atomic E-state index is 0. The fraction of sp³-hybridized carbons (Fsp3) is 0.833. The van der Waals surface area contributed by atoms with E-state index in [4.69, 9.17) is 44.8 Å². The average Bonchev–Trinajstić information content (AvgIpc) is 2.22. The van der Waals surface area contributed by atoms with Gasteiger partial charge in [-0.15, -0.1) is 0 Å². The van der Waals surface area contributed by atoms with Gasteiger partial charge in [-0.2, -0.15) is 0 Å². The zero-order valence-corrected chi connectivity index (χ0v) is 16.4. The van der Waals surface area contributed by atoms with E-state index < -0.39 is 38.8 Å². The summed E-state index contributed by atoms with van der Waals surface area (Å²) in [6.45, 7) is -0.760. The predicted molar refractivity (Wildman–Crippen MR) is 47.0 cm³/mol. The molecule has 0 rings (SSSR count). The Morgan fingerprint density at radius 2 is 1.42 bits per heavy atom. The van der Waals surface area contributed by atoms with Crippen LogP contribution < -0.4 is 90.7 Å². The second-order valence-corrected chi connectivity index (χ2v) is 3.76. The smallest absolute Gasteiger partial charge is 0.790 e. The number of aldehydes is 1. The summed E-state index contributed by atoms with van der Waals surface area (Å²) in [7, 11) is -5.14. The van der Waals surface area contributed by atoms with Crippen LogP contribution in [-0.4, -0.2) is 67.7 Å². The van der Waals surface area contributed by atoms with Crippen LogP contribution in [0.15, 0.2) is 0 Å². The van der Waals surface area contributed by atoms with Gasteiger partial charge in [0.25, 0.3) is 0 Å². The van der Waals surface area contributed by atoms with Crippen LogP contribution in [0.4, 0.5) is 0 Å². The molecule has 0 aliphatic heterocycles. The van der Waals surface area contributed by atoms with Crippen molar-refractivity contribution < 1.29 is 131 Å². The van der Waals surface area contributed by atoms with Gasteiger partial charge in [-0.1, -0.05) is 0 Å². The number of rotatable bonds is 5. The fourth-order valence-corrected chi connectivity index (χ4v) is 0.618. The van der Waals surface area contributed by atoms with Crippen molar-refractivity contribution in [1.82, 2.24) is 0 Å². The molecule has 0 aliphatic carbocycles. The van der Waals surface area contributed by atoms with E-state index in [9.17, 15) is 4.79 Å². The first-order chi connectivity index (χ1) is 7.54. The molecule has 0 aromatic rings. The van der Waals surface area contributed by atoms with Gasteiger partial charge in [0.2, 0.25) is 0 Å². The second-order valence-electron chi connectivity index (χ2n) is 2.83. The summed E-state index contributed by atoms with van der Waals surface area (Å²) in [5.41, 5.74) is 0. The summed E-state index contributed by atoms with van der Waals surface area (Å²) in [5, 5.41) is 43.5. The Kier molecular flexibility index (Phi) is 23.3. The Hall–Kier alpha value is 2.22. The van der Waals surface area contributed by atoms with Gasteiger partial charge in [0.15, 0.2) is 6.29 Å². The molecule has 0 heterocycles. The van der Waals surface area contributed by atoms with Crippen LogP contribution in [0, 0.1) is 0 Å². The van der Waals surface area contributed by atoms with Crippen molar-refractivity contribution in [3.63, 3.8) is 0 Å². The first-order valence-electron chi connectivity index (χ1n) is 4.07. The van der Waals surface area contributed by atoms with Crippen molar-refractivity contribution in [2.24, 2.45) is 0 Å². The average molecular weight is 338 g/mol. The van der Waals surface area contributed by atoms with Gasteiger partial charge in [0, 0.05) is 0 Å². The van der Waals surface area contributed by atoms with E-state index in [1.807, 2.05) is 0 Å². The number of aliphatic hydroxyl groups excluding tert-OH is 5. The number of phosphoric acid groups is 1. The van der Waals surface area contributed by atoms with Crippen LogP contribution in [0.25, 0.3) is 0 Å². The molecule has 19 heavy (non-hydrogen) atoms. The minimum atomic E-state index is -5.14. The molecule has 0 radical (unpaired) electrons. The van der Waals surface area contributed by atoms with Gasteiger partial charge >= 0.3 is 80.9 Å². The molecule has 13 heteroatoms. The molecule has 6 N–H and O–H groups in total. The van der Waals surface area contributed by atoms with E-state index in [2.05, 4.69) is 0 Å². The molecule has 0 saturated carbocycles. The molecule has 4 atom stereocenters. The normalized spacial score (nSPS) is 16.4. The predicted octanol–water partition coefficient (Wildman–Crippen LogP) is -11.6. The molecule has 0 aromatic carbocycles. The van der Waals surface area contributed by atoms with E-state index in [0.29, 0.717) is 0 Å². The number of hydrogen-bond acceptors (Lipinski definition) is 9. The van der Waals surface area contributed by atoms with E-state index in [1.54, 1.807) is 0 Å². The van der Waals surface area contributed by atoms with Gasteiger partial charge in [-0.3, -0.25) is 0 Å². The van der Waals surface area contributed by atoms with E-state index >= 15 is 0 Å². The molecule has 0 bridgehead atoms. The number of aliphatic hydroxyl groups is 5. The molecule has 0 aliphatic rings. The zero-order valence-electron chi connectivity index (χ0n) is 10.4. The summed E-state index contributed by atoms with van der Waals surface area (Å²) in [6, 6.07) is 0. The third-order valence-electron chi connectivity index (χ3n) is 1.42. The summed E-state index contributed by atoms with van der Waals surface area (Å²) in [4.78, 5) is 34.2. The van der Waals surface area contributed by atoms with Gasteiger partial charge in [0.05, 0.1) is 14.4 Å². The Labute approximate surface area is 173 Å². The maximum atomic E-state index is 9.90. The summed E-state index contributed by atoms with van der Waals surface area (Å²) < 4.78 is 8.66. The fourth-order valence-electron chi connectivity index (χ4n) is 0.618. The molecular formula is C6H13KNaO10P. The third-order valence-corrected chi connectivity index (χ3v) is 1.42. The molecule has 10 nitrogen and oxygen atoms in total. The first-order valence-corrected chi connectivity index (χ1v) is 5.57. The maximum Gasteiger partial charge on any atom is 1.00 e. The van der Waals surface area contributed by atoms with E-state index in [1.165, 1.54) is 0 Å². The zero-order chi connectivity index (χ0) is 14.2. The summed E-state index contributed by atoms with van der Waals surface area (Å²) >= 11 is 0. The quantitative estimate of drug-likeness (QED) is 0.159. The summed E-state index contributed by atoms with van der Waals surface area (Å²) in [5.74, 6) is 0. The Morgan fingerprint density at radius 3 is 1.63 bits per heavy atom. The monoisotopic (exact) mass is 338 g/mol. The second kappa shape index (κ2) is 15.1. The van der Waals surface area contributed by atoms with Crippen molar-refractivity contribution in [3.05, 3.63) is 0 Å². The number of hydrogen-bond donors (Lipinski definition) is 6. The van der Waals surface area contributed by atoms with E-state index in [0.717, 1.165) is 0 Å². The van der Waals surface area contributed by atoms with Gasteiger partial charge in [-0.25, -0.2) is 0 Å². The Morgan fingerprint density at radius 1 is 1.11 bits per heavy atom. The first kappa shape index (κ1) is 29.3. The van der Waals surface area contributed by atoms with Gasteiger partial charge in [-0.05, 0) is 0 Å². The van der Waals surface area contributed by atoms with Crippen LogP contribution >= 0.6 is 7.82 Å². The molecule has 0 fully saturated rings. The largest absolute Gasteiger partial charge is 1.00 e. The Bertz CT molecular complexity index is 254. The van der Waals surface area contributed by atoms with Crippen molar-refractivity contribution >= 4 is 14.1 Å². The van der Waals surface area contributed by atoms with E-state index in [-0.39, 0.29) is 87.2 Å². The number of carbonyl (C=O) groups excluding carboxylic acids is 1. The van der Waals surface area contributed by atoms with Crippen molar-refractivity contribution in [2.75, 3.05) is 6.61 Å². The van der Waals surface area contributed by atoms with Gasteiger partial charge in [0.1, 0.15) is 24.4 Å². The molecule has 0 saturated heterocycles. The standard InChI is InChI=1S/C6H12O6.K.Na.H3O4P/c7-1-3(9)5(11)6(12)4(10)2-8;;;1-5(2,3)4/h1,3-6,8-12H,2H2;;;(H3,1,2,3,4)/q;2*+1;/p-2/t3-,4+,5+,6+;;;/m0.../s1. The van der Waals surface area contributed by atoms with Crippen molar-refractivity contribution in [1.29, 1.82) is 0 Å². The molecule has 0 aromatic heterocycles. The molecule has 0 unspecified atom stereocenters. The third kappa shape index (κ3) is 20.2. The van der Waals surface area contributed by atoms with Crippen LogP contribution in [-0.2, 0) is 9.36 Å².